The zero-order valence-electron chi connectivity index (χ0n) is 6.50. The Morgan fingerprint density at radius 3 is 2.85 bits per heavy atom. The van der Waals surface area contributed by atoms with E-state index in [2.05, 4.69) is 4.98 Å². The first-order chi connectivity index (χ1) is 6.18. The zero-order chi connectivity index (χ0) is 9.42. The Labute approximate surface area is 78.9 Å². The minimum absolute atomic E-state index is 0.0445. The number of halogens is 1. The molecular weight excluding hydrogens is 190 g/mol. The summed E-state index contributed by atoms with van der Waals surface area (Å²) in [4.78, 5) is 13.2. The van der Waals surface area contributed by atoms with Crippen LogP contribution in [-0.2, 0) is 0 Å². The molecule has 13 heavy (non-hydrogen) atoms. The molecule has 0 saturated heterocycles. The maximum absolute atomic E-state index is 10.5. The largest absolute Gasteiger partial charge is 0.543 e. The molecule has 0 aliphatic rings. The monoisotopic (exact) mass is 194 g/mol. The fourth-order valence-electron chi connectivity index (χ4n) is 1.23. The van der Waals surface area contributed by atoms with E-state index >= 15 is 0 Å². The fourth-order valence-corrected chi connectivity index (χ4v) is 1.46. The van der Waals surface area contributed by atoms with E-state index in [-0.39, 0.29) is 5.69 Å². The average molecular weight is 195 g/mol. The summed E-state index contributed by atoms with van der Waals surface area (Å²) in [6.45, 7) is 0. The average Bonchev–Trinajstić information content (AvgIpc) is 2.49. The second kappa shape index (κ2) is 2.78. The molecule has 0 aliphatic carbocycles. The molecule has 0 radical (unpaired) electrons. The summed E-state index contributed by atoms with van der Waals surface area (Å²) < 4.78 is 0. The molecule has 2 rings (SSSR count). The molecule has 2 aromatic rings. The normalized spacial score (nSPS) is 10.5. The second-order valence-electron chi connectivity index (χ2n) is 2.67. The molecule has 0 saturated carbocycles. The maximum atomic E-state index is 10.5. The van der Waals surface area contributed by atoms with Crippen LogP contribution < -0.4 is 5.11 Å². The van der Waals surface area contributed by atoms with Crippen LogP contribution in [0.2, 0.25) is 5.02 Å². The van der Waals surface area contributed by atoms with E-state index in [1.165, 1.54) is 6.07 Å². The molecule has 0 amide bonds. The maximum Gasteiger partial charge on any atom is 0.0878 e. The first-order valence-corrected chi connectivity index (χ1v) is 4.05. The lowest BCUT2D eigenvalue weighted by Gasteiger charge is -1.94. The lowest BCUT2D eigenvalue weighted by atomic mass is 10.2. The number of nitrogens with one attached hydrogen (secondary N) is 1. The molecule has 1 N–H and O–H groups in total. The molecule has 0 unspecified atom stereocenters. The van der Waals surface area contributed by atoms with Crippen molar-refractivity contribution in [2.24, 2.45) is 0 Å². The van der Waals surface area contributed by atoms with Crippen molar-refractivity contribution in [3.63, 3.8) is 0 Å². The Kier molecular flexibility index (Phi) is 1.74. The van der Waals surface area contributed by atoms with E-state index in [4.69, 9.17) is 11.6 Å². The predicted molar refractivity (Wildman–Crippen MR) is 47.6 cm³/mol. The number of fused-ring (bicyclic) bond motifs is 1. The van der Waals surface area contributed by atoms with Gasteiger partial charge >= 0.3 is 0 Å². The van der Waals surface area contributed by atoms with Crippen LogP contribution in [0.5, 0.6) is 0 Å². The van der Waals surface area contributed by atoms with Gasteiger partial charge in [-0.3, -0.25) is 0 Å². The van der Waals surface area contributed by atoms with Gasteiger partial charge in [-0.1, -0.05) is 23.7 Å². The molecule has 0 spiro atoms. The van der Waals surface area contributed by atoms with Crippen LogP contribution in [0.1, 0.15) is 10.5 Å². The van der Waals surface area contributed by atoms with E-state index < -0.39 is 5.97 Å². The van der Waals surface area contributed by atoms with Gasteiger partial charge < -0.3 is 14.9 Å². The van der Waals surface area contributed by atoms with E-state index in [9.17, 15) is 9.90 Å². The van der Waals surface area contributed by atoms with Crippen LogP contribution in [0.15, 0.2) is 24.3 Å². The van der Waals surface area contributed by atoms with Crippen molar-refractivity contribution in [3.05, 3.63) is 35.0 Å². The number of benzene rings is 1. The van der Waals surface area contributed by atoms with Crippen LogP contribution in [0.3, 0.4) is 0 Å². The van der Waals surface area contributed by atoms with Crippen molar-refractivity contribution in [2.75, 3.05) is 0 Å². The number of carboxylic acids is 1. The van der Waals surface area contributed by atoms with Crippen molar-refractivity contribution < 1.29 is 9.90 Å². The van der Waals surface area contributed by atoms with Crippen LogP contribution in [0.4, 0.5) is 0 Å². The Morgan fingerprint density at radius 1 is 1.46 bits per heavy atom. The number of aromatic carboxylic acids is 1. The van der Waals surface area contributed by atoms with Gasteiger partial charge in [-0.2, -0.15) is 0 Å². The number of carboxylic acid groups (broad SMARTS) is 1. The number of aromatic nitrogens is 1. The number of hydrogen-bond acceptors (Lipinski definition) is 2. The summed E-state index contributed by atoms with van der Waals surface area (Å²) in [5.41, 5.74) is 0.673. The molecule has 3 nitrogen and oxygen atoms in total. The number of aromatic amines is 1. The zero-order valence-corrected chi connectivity index (χ0v) is 7.26. The highest BCUT2D eigenvalue weighted by Crippen LogP contribution is 2.22. The van der Waals surface area contributed by atoms with Crippen molar-refractivity contribution in [3.8, 4) is 0 Å². The summed E-state index contributed by atoms with van der Waals surface area (Å²) in [6, 6.07) is 6.73. The molecule has 0 atom stereocenters. The minimum Gasteiger partial charge on any atom is -0.543 e. The van der Waals surface area contributed by atoms with Crippen molar-refractivity contribution >= 4 is 28.5 Å². The topological polar surface area (TPSA) is 55.9 Å². The Morgan fingerprint density at radius 2 is 2.23 bits per heavy atom. The van der Waals surface area contributed by atoms with Gasteiger partial charge in [0.1, 0.15) is 0 Å². The molecule has 66 valence electrons. The van der Waals surface area contributed by atoms with E-state index in [0.29, 0.717) is 10.5 Å². The third-order valence-corrected chi connectivity index (χ3v) is 2.14. The Balaban J connectivity index is 2.75. The molecule has 1 aromatic heterocycles. The summed E-state index contributed by atoms with van der Waals surface area (Å²) >= 11 is 5.83. The number of rotatable bonds is 1. The van der Waals surface area contributed by atoms with Crippen molar-refractivity contribution in [1.82, 2.24) is 4.98 Å². The van der Waals surface area contributed by atoms with Gasteiger partial charge in [0.05, 0.1) is 22.2 Å². The third kappa shape index (κ3) is 1.27. The molecule has 0 bridgehead atoms. The van der Waals surface area contributed by atoms with Gasteiger partial charge in [0.25, 0.3) is 0 Å². The minimum atomic E-state index is -1.23. The third-order valence-electron chi connectivity index (χ3n) is 1.83. The molecule has 0 aliphatic heterocycles. The van der Waals surface area contributed by atoms with Crippen LogP contribution in [-0.4, -0.2) is 11.0 Å². The summed E-state index contributed by atoms with van der Waals surface area (Å²) in [6.07, 6.45) is 0. The first-order valence-electron chi connectivity index (χ1n) is 3.67. The lowest BCUT2D eigenvalue weighted by Crippen LogP contribution is -2.22. The number of hydrogen-bond donors (Lipinski definition) is 1. The molecular formula is C9H5ClNO2-. The highest BCUT2D eigenvalue weighted by molar-refractivity contribution is 6.35. The van der Waals surface area contributed by atoms with Gasteiger partial charge in [-0.25, -0.2) is 0 Å². The summed E-state index contributed by atoms with van der Waals surface area (Å²) in [7, 11) is 0. The SMILES string of the molecule is O=C([O-])c1cc2cccc(Cl)c2[nH]1. The van der Waals surface area contributed by atoms with E-state index in [1.807, 2.05) is 0 Å². The number of H-pyrrole nitrogens is 1. The number of carbonyl (C=O) groups excluding carboxylic acids is 1. The quantitative estimate of drug-likeness (QED) is 0.741. The summed E-state index contributed by atoms with van der Waals surface area (Å²) in [5.74, 6) is -1.23. The van der Waals surface area contributed by atoms with Crippen LogP contribution in [0, 0.1) is 0 Å². The Hall–Kier alpha value is -1.48. The highest BCUT2D eigenvalue weighted by Gasteiger charge is 2.03. The van der Waals surface area contributed by atoms with Crippen LogP contribution in [0.25, 0.3) is 10.9 Å². The van der Waals surface area contributed by atoms with Crippen molar-refractivity contribution in [1.29, 1.82) is 0 Å². The Bertz CT molecular complexity index is 475. The van der Waals surface area contributed by atoms with E-state index in [1.54, 1.807) is 18.2 Å². The smallest absolute Gasteiger partial charge is 0.0878 e. The summed E-state index contributed by atoms with van der Waals surface area (Å²) in [5, 5.41) is 11.8. The standard InChI is InChI=1S/C9H6ClNO2/c10-6-3-1-2-5-4-7(9(12)13)11-8(5)6/h1-4,11H,(H,12,13)/p-1. The number of para-hydroxylation sites is 1. The number of carbonyl (C=O) groups is 1. The van der Waals surface area contributed by atoms with Gasteiger partial charge in [-0.15, -0.1) is 0 Å². The highest BCUT2D eigenvalue weighted by atomic mass is 35.5. The van der Waals surface area contributed by atoms with Crippen LogP contribution >= 0.6 is 11.6 Å². The van der Waals surface area contributed by atoms with Gasteiger partial charge in [-0.05, 0) is 12.1 Å². The molecule has 1 heterocycles. The fraction of sp³-hybridized carbons (Fsp3) is 0. The molecule has 0 fully saturated rings. The van der Waals surface area contributed by atoms with Crippen molar-refractivity contribution in [2.45, 2.75) is 0 Å². The van der Waals surface area contributed by atoms with E-state index in [0.717, 1.165) is 5.39 Å². The molecule has 4 heteroatoms. The van der Waals surface area contributed by atoms with Gasteiger partial charge in [0.15, 0.2) is 0 Å². The second-order valence-corrected chi connectivity index (χ2v) is 3.08. The molecule has 1 aromatic carbocycles. The predicted octanol–water partition coefficient (Wildman–Crippen LogP) is 1.18. The van der Waals surface area contributed by atoms with Gasteiger partial charge in [0.2, 0.25) is 0 Å². The lowest BCUT2D eigenvalue weighted by molar-refractivity contribution is -0.255. The van der Waals surface area contributed by atoms with Gasteiger partial charge in [0, 0.05) is 5.39 Å². The first kappa shape index (κ1) is 8.13.